The van der Waals surface area contributed by atoms with Crippen LogP contribution in [-0.4, -0.2) is 22.9 Å². The molecule has 158 valence electrons. The standard InChI is InChI=1S/C22H18Cl2N4O3/c1-12-7-15(14(3)28(12)19-6-4-5-18(23)21(19)24)8-16(9-25)22(30)31-11-20(29)17(10-26)13(2)27/h4-8H,11,27H2,1-3H3/b16-8+,17-13+. The zero-order valence-electron chi connectivity index (χ0n) is 17.0. The summed E-state index contributed by atoms with van der Waals surface area (Å²) in [7, 11) is 0. The van der Waals surface area contributed by atoms with Crippen molar-refractivity contribution in [3.63, 3.8) is 0 Å². The van der Waals surface area contributed by atoms with Gasteiger partial charge in [-0.2, -0.15) is 10.5 Å². The lowest BCUT2D eigenvalue weighted by atomic mass is 10.1. The third-order valence-electron chi connectivity index (χ3n) is 4.40. The van der Waals surface area contributed by atoms with Crippen LogP contribution in [0.15, 0.2) is 41.1 Å². The van der Waals surface area contributed by atoms with Gasteiger partial charge in [-0.05, 0) is 50.6 Å². The monoisotopic (exact) mass is 456 g/mol. The number of aromatic nitrogens is 1. The minimum Gasteiger partial charge on any atom is -0.453 e. The van der Waals surface area contributed by atoms with E-state index in [2.05, 4.69) is 0 Å². The van der Waals surface area contributed by atoms with Gasteiger partial charge >= 0.3 is 5.97 Å². The highest BCUT2D eigenvalue weighted by atomic mass is 35.5. The van der Waals surface area contributed by atoms with E-state index in [4.69, 9.17) is 38.9 Å². The van der Waals surface area contributed by atoms with Crippen molar-refractivity contribution in [1.82, 2.24) is 4.57 Å². The molecule has 7 nitrogen and oxygen atoms in total. The van der Waals surface area contributed by atoms with E-state index in [9.17, 15) is 14.9 Å². The Morgan fingerprint density at radius 2 is 1.90 bits per heavy atom. The van der Waals surface area contributed by atoms with Crippen LogP contribution in [0.3, 0.4) is 0 Å². The van der Waals surface area contributed by atoms with Crippen LogP contribution in [0.25, 0.3) is 11.8 Å². The number of aryl methyl sites for hydroxylation is 1. The maximum Gasteiger partial charge on any atom is 0.349 e. The largest absolute Gasteiger partial charge is 0.453 e. The lowest BCUT2D eigenvalue weighted by Gasteiger charge is -2.12. The first-order chi connectivity index (χ1) is 14.6. The fourth-order valence-electron chi connectivity index (χ4n) is 2.91. The second-order valence-electron chi connectivity index (χ2n) is 6.57. The molecule has 2 rings (SSSR count). The molecule has 2 aromatic rings. The van der Waals surface area contributed by atoms with Crippen molar-refractivity contribution in [3.8, 4) is 17.8 Å². The van der Waals surface area contributed by atoms with Crippen molar-refractivity contribution in [2.45, 2.75) is 20.8 Å². The highest BCUT2D eigenvalue weighted by Gasteiger charge is 2.19. The molecule has 0 saturated carbocycles. The van der Waals surface area contributed by atoms with Crippen LogP contribution in [0, 0.1) is 36.5 Å². The van der Waals surface area contributed by atoms with Gasteiger partial charge in [-0.15, -0.1) is 0 Å². The van der Waals surface area contributed by atoms with Crippen molar-refractivity contribution >= 4 is 41.0 Å². The normalized spacial score (nSPS) is 11.9. The number of benzene rings is 1. The van der Waals surface area contributed by atoms with Crippen molar-refractivity contribution in [1.29, 1.82) is 10.5 Å². The van der Waals surface area contributed by atoms with E-state index in [1.54, 1.807) is 43.3 Å². The Morgan fingerprint density at radius 3 is 2.48 bits per heavy atom. The van der Waals surface area contributed by atoms with Crippen molar-refractivity contribution in [2.24, 2.45) is 5.73 Å². The van der Waals surface area contributed by atoms with Crippen LogP contribution in [0.5, 0.6) is 0 Å². The lowest BCUT2D eigenvalue weighted by Crippen LogP contribution is -2.18. The quantitative estimate of drug-likeness (QED) is 0.395. The van der Waals surface area contributed by atoms with E-state index in [0.717, 1.165) is 5.69 Å². The highest BCUT2D eigenvalue weighted by molar-refractivity contribution is 6.43. The SMILES string of the molecule is C/C(N)=C(/C#N)C(=O)COC(=O)/C(C#N)=C/c1cc(C)n(-c2cccc(Cl)c2Cl)c1C. The first-order valence-electron chi connectivity index (χ1n) is 8.94. The topological polar surface area (TPSA) is 122 Å². The van der Waals surface area contributed by atoms with Crippen LogP contribution in [0.4, 0.5) is 0 Å². The molecule has 0 amide bonds. The minimum absolute atomic E-state index is 0.0201. The Labute approximate surface area is 189 Å². The number of carbonyl (C=O) groups is 2. The fourth-order valence-corrected chi connectivity index (χ4v) is 3.29. The second-order valence-corrected chi connectivity index (χ2v) is 7.36. The third kappa shape index (κ3) is 5.16. The number of hydrogen-bond acceptors (Lipinski definition) is 6. The number of ether oxygens (including phenoxy) is 1. The first-order valence-corrected chi connectivity index (χ1v) is 9.69. The molecule has 0 aliphatic carbocycles. The van der Waals surface area contributed by atoms with Crippen molar-refractivity contribution < 1.29 is 14.3 Å². The first kappa shape index (κ1) is 23.8. The zero-order chi connectivity index (χ0) is 23.3. The summed E-state index contributed by atoms with van der Waals surface area (Å²) in [5.74, 6) is -1.74. The number of nitrogens with two attached hydrogens (primary N) is 1. The summed E-state index contributed by atoms with van der Waals surface area (Å²) >= 11 is 12.4. The number of hydrogen-bond donors (Lipinski definition) is 1. The lowest BCUT2D eigenvalue weighted by molar-refractivity contribution is -0.142. The van der Waals surface area contributed by atoms with Crippen molar-refractivity contribution in [3.05, 3.63) is 68.1 Å². The van der Waals surface area contributed by atoms with Gasteiger partial charge in [0.25, 0.3) is 0 Å². The number of ketones is 1. The molecule has 0 bridgehead atoms. The summed E-state index contributed by atoms with van der Waals surface area (Å²) in [6.45, 7) is 4.33. The van der Waals surface area contributed by atoms with E-state index in [1.165, 1.54) is 13.0 Å². The van der Waals surface area contributed by atoms with E-state index in [-0.39, 0.29) is 16.8 Å². The molecule has 0 atom stereocenters. The van der Waals surface area contributed by atoms with E-state index in [0.29, 0.717) is 27.0 Å². The van der Waals surface area contributed by atoms with Crippen LogP contribution in [0.2, 0.25) is 10.0 Å². The summed E-state index contributed by atoms with van der Waals surface area (Å²) in [5, 5.41) is 19.1. The number of nitrogens with zero attached hydrogens (tertiary/aromatic N) is 3. The zero-order valence-corrected chi connectivity index (χ0v) is 18.5. The predicted molar refractivity (Wildman–Crippen MR) is 117 cm³/mol. The molecule has 0 radical (unpaired) electrons. The second kappa shape index (κ2) is 9.99. The number of allylic oxidation sites excluding steroid dienone is 1. The maximum atomic E-state index is 12.3. The molecule has 1 aromatic heterocycles. The number of carbonyl (C=O) groups excluding carboxylic acids is 2. The average Bonchev–Trinajstić information content (AvgIpc) is 2.99. The molecule has 1 aromatic carbocycles. The Balaban J connectivity index is 2.34. The fraction of sp³-hybridized carbons (Fsp3) is 0.182. The van der Waals surface area contributed by atoms with Gasteiger partial charge < -0.3 is 15.0 Å². The predicted octanol–water partition coefficient (Wildman–Crippen LogP) is 4.18. The Bertz CT molecular complexity index is 1210. The Kier molecular flexibility index (Phi) is 7.66. The maximum absolute atomic E-state index is 12.3. The van der Waals surface area contributed by atoms with Crippen LogP contribution in [0.1, 0.15) is 23.9 Å². The summed E-state index contributed by atoms with van der Waals surface area (Å²) in [6, 6.07) is 10.4. The third-order valence-corrected chi connectivity index (χ3v) is 5.21. The number of Topliss-reactive ketones (excluding diaryl/α,β-unsaturated/α-hetero) is 1. The number of nitriles is 2. The molecule has 1 heterocycles. The van der Waals surface area contributed by atoms with Crippen LogP contribution >= 0.6 is 23.2 Å². The van der Waals surface area contributed by atoms with Crippen LogP contribution in [-0.2, 0) is 14.3 Å². The van der Waals surface area contributed by atoms with E-state index >= 15 is 0 Å². The summed E-state index contributed by atoms with van der Waals surface area (Å²) in [5.41, 5.74) is 7.63. The van der Waals surface area contributed by atoms with Gasteiger partial charge in [0.2, 0.25) is 5.78 Å². The number of rotatable bonds is 6. The van der Waals surface area contributed by atoms with Crippen LogP contribution < -0.4 is 5.73 Å². The molecule has 0 aliphatic rings. The molecule has 0 spiro atoms. The van der Waals surface area contributed by atoms with E-state index in [1.807, 2.05) is 11.5 Å². The van der Waals surface area contributed by atoms with Gasteiger partial charge in [-0.25, -0.2) is 4.79 Å². The molecular weight excluding hydrogens is 439 g/mol. The number of esters is 1. The molecule has 0 aliphatic heterocycles. The minimum atomic E-state index is -0.992. The van der Waals surface area contributed by atoms with Gasteiger partial charge in [0.05, 0.1) is 15.7 Å². The van der Waals surface area contributed by atoms with Gasteiger partial charge in [0, 0.05) is 17.1 Å². The van der Waals surface area contributed by atoms with Gasteiger partial charge in [0.1, 0.15) is 23.3 Å². The highest BCUT2D eigenvalue weighted by Crippen LogP contribution is 2.32. The smallest absolute Gasteiger partial charge is 0.349 e. The summed E-state index contributed by atoms with van der Waals surface area (Å²) in [6.07, 6.45) is 1.36. The molecule has 2 N–H and O–H groups in total. The van der Waals surface area contributed by atoms with Gasteiger partial charge in [-0.1, -0.05) is 29.3 Å². The Hall–Kier alpha value is -3.52. The molecule has 9 heteroatoms. The Morgan fingerprint density at radius 1 is 1.23 bits per heavy atom. The molecule has 31 heavy (non-hydrogen) atoms. The number of halogens is 2. The molecule has 0 saturated heterocycles. The molecule has 0 unspecified atom stereocenters. The molecule has 0 fully saturated rings. The van der Waals surface area contributed by atoms with Gasteiger partial charge in [0.15, 0.2) is 6.61 Å². The average molecular weight is 457 g/mol. The van der Waals surface area contributed by atoms with Crippen molar-refractivity contribution in [2.75, 3.05) is 6.61 Å². The van der Waals surface area contributed by atoms with Gasteiger partial charge in [-0.3, -0.25) is 4.79 Å². The summed E-state index contributed by atoms with van der Waals surface area (Å²) in [4.78, 5) is 24.2. The van der Waals surface area contributed by atoms with E-state index < -0.39 is 18.4 Å². The molecular formula is C22H18Cl2N4O3. The summed E-state index contributed by atoms with van der Waals surface area (Å²) < 4.78 is 6.74.